The van der Waals surface area contributed by atoms with Crippen LogP contribution in [-0.2, 0) is 6.54 Å². The molecule has 2 aromatic heterocycles. The lowest BCUT2D eigenvalue weighted by Crippen LogP contribution is -2.13. The number of amides is 1. The summed E-state index contributed by atoms with van der Waals surface area (Å²) in [6.45, 7) is 4.58. The molecule has 0 aliphatic rings. The van der Waals surface area contributed by atoms with Gasteiger partial charge in [0.15, 0.2) is 0 Å². The van der Waals surface area contributed by atoms with E-state index in [9.17, 15) is 14.9 Å². The van der Waals surface area contributed by atoms with Crippen molar-refractivity contribution in [2.75, 3.05) is 5.32 Å². The van der Waals surface area contributed by atoms with Crippen LogP contribution in [0.5, 0.6) is 11.5 Å². The number of pyridine rings is 1. The molecule has 9 heteroatoms. The molecule has 1 N–H and O–H groups in total. The maximum atomic E-state index is 13.5. The molecule has 0 saturated heterocycles. The third-order valence-corrected chi connectivity index (χ3v) is 5.90. The highest BCUT2D eigenvalue weighted by Gasteiger charge is 2.18. The number of fused-ring (bicyclic) bond motifs is 1. The molecule has 9 nitrogen and oxygen atoms in total. The van der Waals surface area contributed by atoms with Gasteiger partial charge in [0.2, 0.25) is 0 Å². The fraction of sp³-hybridized carbons (Fsp3) is 0.107. The van der Waals surface area contributed by atoms with Crippen molar-refractivity contribution >= 4 is 28.2 Å². The van der Waals surface area contributed by atoms with Crippen LogP contribution in [0.2, 0.25) is 0 Å². The average molecular weight is 494 g/mol. The zero-order valence-electron chi connectivity index (χ0n) is 20.2. The average Bonchev–Trinajstić information content (AvgIpc) is 3.39. The van der Waals surface area contributed by atoms with Gasteiger partial charge in [-0.25, -0.2) is 4.98 Å². The zero-order valence-corrected chi connectivity index (χ0v) is 20.2. The molecule has 0 saturated carbocycles. The van der Waals surface area contributed by atoms with Gasteiger partial charge < -0.3 is 10.1 Å². The van der Waals surface area contributed by atoms with Gasteiger partial charge in [0.05, 0.1) is 39.6 Å². The van der Waals surface area contributed by atoms with Gasteiger partial charge in [-0.15, -0.1) is 0 Å². The van der Waals surface area contributed by atoms with Crippen LogP contribution in [0.1, 0.15) is 22.8 Å². The molecule has 0 aliphatic carbocycles. The van der Waals surface area contributed by atoms with Crippen LogP contribution in [0.3, 0.4) is 0 Å². The van der Waals surface area contributed by atoms with Gasteiger partial charge in [-0.05, 0) is 37.6 Å². The summed E-state index contributed by atoms with van der Waals surface area (Å²) >= 11 is 0. The number of rotatable bonds is 7. The van der Waals surface area contributed by atoms with Crippen LogP contribution in [-0.4, -0.2) is 25.6 Å². The third kappa shape index (κ3) is 5.01. The quantitative estimate of drug-likeness (QED) is 0.208. The van der Waals surface area contributed by atoms with Crippen LogP contribution >= 0.6 is 0 Å². The topological polar surface area (TPSA) is 112 Å². The molecule has 5 aromatic rings. The van der Waals surface area contributed by atoms with E-state index in [1.54, 1.807) is 29.1 Å². The Labute approximate surface area is 212 Å². The molecule has 0 aliphatic heterocycles. The number of carbonyl (C=O) groups is 1. The molecule has 3 aromatic carbocycles. The number of nitrogens with zero attached hydrogens (tertiary/aromatic N) is 4. The largest absolute Gasteiger partial charge is 0.457 e. The predicted octanol–water partition coefficient (Wildman–Crippen LogP) is 6.38. The number of nitro groups is 1. The number of nitro benzene ring substituents is 1. The lowest BCUT2D eigenvalue weighted by Gasteiger charge is -2.12. The zero-order chi connectivity index (χ0) is 25.9. The number of hydrogen-bond acceptors (Lipinski definition) is 6. The number of aromatic nitrogens is 3. The first kappa shape index (κ1) is 23.7. The first-order chi connectivity index (χ1) is 17.9. The molecule has 0 fully saturated rings. The third-order valence-electron chi connectivity index (χ3n) is 5.90. The lowest BCUT2D eigenvalue weighted by molar-refractivity contribution is -0.384. The summed E-state index contributed by atoms with van der Waals surface area (Å²) in [5.41, 5.74) is 3.34. The number of nitrogens with one attached hydrogen (secondary N) is 1. The van der Waals surface area contributed by atoms with Crippen molar-refractivity contribution < 1.29 is 14.5 Å². The lowest BCUT2D eigenvalue weighted by atomic mass is 10.0. The van der Waals surface area contributed by atoms with E-state index >= 15 is 0 Å². The summed E-state index contributed by atoms with van der Waals surface area (Å²) < 4.78 is 7.70. The second kappa shape index (κ2) is 9.90. The number of carbonyl (C=O) groups excluding carboxylic acids is 1. The minimum atomic E-state index is -0.522. The number of anilines is 1. The molecule has 1 amide bonds. The number of non-ortho nitro benzene ring substituents is 1. The molecule has 0 radical (unpaired) electrons. The van der Waals surface area contributed by atoms with Crippen molar-refractivity contribution in [3.05, 3.63) is 106 Å². The molecule has 0 bridgehead atoms. The van der Waals surface area contributed by atoms with E-state index in [2.05, 4.69) is 10.4 Å². The summed E-state index contributed by atoms with van der Waals surface area (Å²) in [7, 11) is 0. The van der Waals surface area contributed by atoms with E-state index < -0.39 is 10.8 Å². The van der Waals surface area contributed by atoms with E-state index in [4.69, 9.17) is 9.72 Å². The van der Waals surface area contributed by atoms with Gasteiger partial charge in [-0.3, -0.25) is 19.6 Å². The Kier molecular flexibility index (Phi) is 6.34. The number of aryl methyl sites for hydroxylation is 2. The predicted molar refractivity (Wildman–Crippen MR) is 141 cm³/mol. The van der Waals surface area contributed by atoms with Crippen molar-refractivity contribution in [3.63, 3.8) is 0 Å². The molecule has 184 valence electrons. The van der Waals surface area contributed by atoms with Crippen molar-refractivity contribution in [3.8, 4) is 22.8 Å². The van der Waals surface area contributed by atoms with E-state index in [1.165, 1.54) is 12.1 Å². The summed E-state index contributed by atoms with van der Waals surface area (Å²) in [5.74, 6) is 0.383. The molecule has 0 spiro atoms. The number of para-hydroxylation sites is 2. The van der Waals surface area contributed by atoms with Gasteiger partial charge in [0, 0.05) is 35.8 Å². The van der Waals surface area contributed by atoms with Gasteiger partial charge in [-0.2, -0.15) is 5.10 Å². The highest BCUT2D eigenvalue weighted by molar-refractivity contribution is 6.13. The second-order valence-corrected chi connectivity index (χ2v) is 8.45. The first-order valence-corrected chi connectivity index (χ1v) is 11.7. The van der Waals surface area contributed by atoms with Crippen LogP contribution in [0.15, 0.2) is 85.2 Å². The minimum Gasteiger partial charge on any atom is -0.457 e. The Hall–Kier alpha value is -5.05. The van der Waals surface area contributed by atoms with E-state index in [-0.39, 0.29) is 17.1 Å². The maximum Gasteiger partial charge on any atom is 0.275 e. The van der Waals surface area contributed by atoms with E-state index in [0.29, 0.717) is 34.5 Å². The molecular weight excluding hydrogens is 470 g/mol. The van der Waals surface area contributed by atoms with Crippen molar-refractivity contribution in [1.29, 1.82) is 0 Å². The Morgan fingerprint density at radius 2 is 1.86 bits per heavy atom. The van der Waals surface area contributed by atoms with E-state index in [0.717, 1.165) is 11.1 Å². The summed E-state index contributed by atoms with van der Waals surface area (Å²) in [6, 6.07) is 20.6. The Morgan fingerprint density at radius 1 is 1.08 bits per heavy atom. The number of benzene rings is 3. The summed E-state index contributed by atoms with van der Waals surface area (Å²) in [5, 5.41) is 19.4. The van der Waals surface area contributed by atoms with Crippen molar-refractivity contribution in [2.24, 2.45) is 0 Å². The Balaban J connectivity index is 1.52. The smallest absolute Gasteiger partial charge is 0.275 e. The minimum absolute atomic E-state index is 0.200. The summed E-state index contributed by atoms with van der Waals surface area (Å²) in [6.07, 6.45) is 3.58. The monoisotopic (exact) mass is 493 g/mol. The van der Waals surface area contributed by atoms with E-state index in [1.807, 2.05) is 62.5 Å². The SMILES string of the molecule is CCn1cc(-c2cc(C(=O)Nc3cc(Oc4ccccc4C)cc([N+](=O)[O-])c3)c3ccccc3n2)cn1. The molecule has 2 heterocycles. The Morgan fingerprint density at radius 3 is 2.62 bits per heavy atom. The van der Waals surface area contributed by atoms with Crippen LogP contribution in [0, 0.1) is 17.0 Å². The van der Waals surface area contributed by atoms with Crippen LogP contribution < -0.4 is 10.1 Å². The molecule has 37 heavy (non-hydrogen) atoms. The second-order valence-electron chi connectivity index (χ2n) is 8.45. The molecule has 0 unspecified atom stereocenters. The number of ether oxygens (including phenoxy) is 1. The van der Waals surface area contributed by atoms with Gasteiger partial charge in [0.1, 0.15) is 11.5 Å². The van der Waals surface area contributed by atoms with Gasteiger partial charge in [0.25, 0.3) is 11.6 Å². The molecule has 0 atom stereocenters. The molecular formula is C28H23N5O4. The van der Waals surface area contributed by atoms with Crippen LogP contribution in [0.25, 0.3) is 22.2 Å². The molecule has 5 rings (SSSR count). The number of hydrogen-bond donors (Lipinski definition) is 1. The van der Waals surface area contributed by atoms with Crippen molar-refractivity contribution in [1.82, 2.24) is 14.8 Å². The fourth-order valence-electron chi connectivity index (χ4n) is 4.00. The van der Waals surface area contributed by atoms with Gasteiger partial charge in [-0.1, -0.05) is 36.4 Å². The summed E-state index contributed by atoms with van der Waals surface area (Å²) in [4.78, 5) is 29.3. The maximum absolute atomic E-state index is 13.5. The first-order valence-electron chi connectivity index (χ1n) is 11.7. The highest BCUT2D eigenvalue weighted by Crippen LogP contribution is 2.32. The highest BCUT2D eigenvalue weighted by atomic mass is 16.6. The normalized spacial score (nSPS) is 10.9. The van der Waals surface area contributed by atoms with Crippen molar-refractivity contribution in [2.45, 2.75) is 20.4 Å². The Bertz CT molecular complexity index is 1640. The van der Waals surface area contributed by atoms with Crippen LogP contribution in [0.4, 0.5) is 11.4 Å². The standard InChI is InChI=1S/C28H23N5O4/c1-3-32-17-19(16-29-32)26-15-24(23-9-5-6-10-25(23)31-26)28(34)30-20-12-21(33(35)36)14-22(13-20)37-27-11-7-4-8-18(27)2/h4-17H,3H2,1-2H3,(H,30,34). The van der Waals surface area contributed by atoms with Gasteiger partial charge >= 0.3 is 0 Å². The fourth-order valence-corrected chi connectivity index (χ4v) is 4.00.